The van der Waals surface area contributed by atoms with Crippen LogP contribution in [0.3, 0.4) is 0 Å². The first kappa shape index (κ1) is 92.1. The van der Waals surface area contributed by atoms with Gasteiger partial charge in [0.1, 0.15) is 19.3 Å². The number of ether oxygens (including phenoxy) is 4. The minimum absolute atomic E-state index is 0.106. The Hall–Kier alpha value is -1.94. The number of aliphatic hydroxyl groups is 1. The van der Waals surface area contributed by atoms with Crippen molar-refractivity contribution in [2.24, 2.45) is 11.8 Å². The number of carbonyl (C=O) groups excluding carboxylic acids is 4. The zero-order valence-electron chi connectivity index (χ0n) is 61.3. The summed E-state index contributed by atoms with van der Waals surface area (Å²) < 4.78 is 68.3. The Morgan fingerprint density at radius 3 is 0.723 bits per heavy atom. The summed E-state index contributed by atoms with van der Waals surface area (Å²) in [6, 6.07) is 0. The summed E-state index contributed by atoms with van der Waals surface area (Å²) in [6.07, 6.45) is 54.5. The predicted molar refractivity (Wildman–Crippen MR) is 381 cm³/mol. The Bertz CT molecular complexity index is 1820. The van der Waals surface area contributed by atoms with Crippen LogP contribution in [0.4, 0.5) is 0 Å². The van der Waals surface area contributed by atoms with E-state index in [9.17, 15) is 43.2 Å². The molecule has 0 heterocycles. The lowest BCUT2D eigenvalue weighted by atomic mass is 10.0. The molecule has 2 unspecified atom stereocenters. The molecule has 0 saturated heterocycles. The Morgan fingerprint density at radius 2 is 0.489 bits per heavy atom. The molecule has 19 heteroatoms. The SMILES string of the molecule is CCCCCCCCCCCCCCCCCCCC(=O)O[C@H](COC(=O)CCCCCCCCCCCCCCCC(C)C)COP(=O)(O)OC[C@@H](O)COP(=O)(O)OC[C@@H](COC(=O)CCCCCCC)OC(=O)CCCCCCCCCCCCCCCC(C)C. The van der Waals surface area contributed by atoms with Gasteiger partial charge in [-0.2, -0.15) is 0 Å². The molecular formula is C75H146O17P2. The molecule has 0 fully saturated rings. The Morgan fingerprint density at radius 1 is 0.287 bits per heavy atom. The van der Waals surface area contributed by atoms with Gasteiger partial charge in [-0.15, -0.1) is 0 Å². The molecule has 0 spiro atoms. The van der Waals surface area contributed by atoms with Crippen LogP contribution in [0.15, 0.2) is 0 Å². The Kier molecular flexibility index (Phi) is 65.5. The van der Waals surface area contributed by atoms with E-state index >= 15 is 0 Å². The van der Waals surface area contributed by atoms with Gasteiger partial charge >= 0.3 is 39.5 Å². The first-order valence-corrected chi connectivity index (χ1v) is 42.0. The van der Waals surface area contributed by atoms with Crippen LogP contribution in [0, 0.1) is 11.8 Å². The van der Waals surface area contributed by atoms with Gasteiger partial charge in [-0.05, 0) is 37.5 Å². The van der Waals surface area contributed by atoms with E-state index < -0.39 is 97.5 Å². The molecule has 0 aliphatic heterocycles. The molecule has 0 bridgehead atoms. The van der Waals surface area contributed by atoms with Gasteiger partial charge in [-0.25, -0.2) is 9.13 Å². The molecule has 0 aromatic heterocycles. The van der Waals surface area contributed by atoms with Crippen molar-refractivity contribution < 1.29 is 80.2 Å². The first-order chi connectivity index (χ1) is 45.4. The second kappa shape index (κ2) is 66.9. The van der Waals surface area contributed by atoms with E-state index in [1.807, 2.05) is 0 Å². The van der Waals surface area contributed by atoms with Crippen LogP contribution >= 0.6 is 15.6 Å². The fourth-order valence-corrected chi connectivity index (χ4v) is 13.1. The van der Waals surface area contributed by atoms with E-state index in [4.69, 9.17) is 37.0 Å². The number of rotatable bonds is 74. The molecule has 17 nitrogen and oxygen atoms in total. The van der Waals surface area contributed by atoms with Gasteiger partial charge in [0.05, 0.1) is 26.4 Å². The number of carbonyl (C=O) groups is 4. The molecule has 0 radical (unpaired) electrons. The molecule has 0 aliphatic carbocycles. The molecule has 5 atom stereocenters. The van der Waals surface area contributed by atoms with Crippen LogP contribution in [0.2, 0.25) is 0 Å². The topological polar surface area (TPSA) is 237 Å². The smallest absolute Gasteiger partial charge is 0.462 e. The maximum atomic E-state index is 13.1. The molecular weight excluding hydrogens is 1230 g/mol. The highest BCUT2D eigenvalue weighted by Gasteiger charge is 2.30. The minimum atomic E-state index is -4.95. The van der Waals surface area contributed by atoms with Gasteiger partial charge < -0.3 is 33.8 Å². The minimum Gasteiger partial charge on any atom is -0.462 e. The van der Waals surface area contributed by atoms with Crippen molar-refractivity contribution in [3.05, 3.63) is 0 Å². The molecule has 3 N–H and O–H groups in total. The maximum absolute atomic E-state index is 13.1. The highest BCUT2D eigenvalue weighted by molar-refractivity contribution is 7.47. The summed E-state index contributed by atoms with van der Waals surface area (Å²) >= 11 is 0. The van der Waals surface area contributed by atoms with Crippen molar-refractivity contribution in [2.75, 3.05) is 39.6 Å². The Balaban J connectivity index is 5.14. The molecule has 0 aromatic carbocycles. The van der Waals surface area contributed by atoms with Gasteiger partial charge in [-0.1, -0.05) is 337 Å². The van der Waals surface area contributed by atoms with Crippen molar-refractivity contribution in [2.45, 2.75) is 407 Å². The summed E-state index contributed by atoms with van der Waals surface area (Å²) in [5, 5.41) is 10.6. The number of unbranched alkanes of at least 4 members (excludes halogenated alkanes) is 44. The van der Waals surface area contributed by atoms with Gasteiger partial charge in [0, 0.05) is 25.7 Å². The highest BCUT2D eigenvalue weighted by Crippen LogP contribution is 2.45. The second-order valence-electron chi connectivity index (χ2n) is 28.0. The Labute approximate surface area is 575 Å². The van der Waals surface area contributed by atoms with Crippen molar-refractivity contribution in [1.82, 2.24) is 0 Å². The zero-order valence-corrected chi connectivity index (χ0v) is 63.1. The van der Waals surface area contributed by atoms with E-state index in [0.29, 0.717) is 25.7 Å². The number of esters is 4. The van der Waals surface area contributed by atoms with Crippen LogP contribution in [0.25, 0.3) is 0 Å². The second-order valence-corrected chi connectivity index (χ2v) is 30.9. The van der Waals surface area contributed by atoms with E-state index in [1.165, 1.54) is 199 Å². The first-order valence-electron chi connectivity index (χ1n) is 39.0. The van der Waals surface area contributed by atoms with E-state index in [0.717, 1.165) is 108 Å². The lowest BCUT2D eigenvalue weighted by Gasteiger charge is -2.21. The third kappa shape index (κ3) is 68.6. The van der Waals surface area contributed by atoms with Gasteiger partial charge in [-0.3, -0.25) is 37.3 Å². The van der Waals surface area contributed by atoms with E-state index in [2.05, 4.69) is 41.5 Å². The summed E-state index contributed by atoms with van der Waals surface area (Å²) in [5.41, 5.74) is 0. The van der Waals surface area contributed by atoms with Crippen molar-refractivity contribution in [3.8, 4) is 0 Å². The number of hydrogen-bond acceptors (Lipinski definition) is 15. The lowest BCUT2D eigenvalue weighted by Crippen LogP contribution is -2.30. The highest BCUT2D eigenvalue weighted by atomic mass is 31.2. The zero-order chi connectivity index (χ0) is 69.3. The molecule has 0 amide bonds. The normalized spacial score (nSPS) is 14.0. The monoisotopic (exact) mass is 1380 g/mol. The van der Waals surface area contributed by atoms with Crippen molar-refractivity contribution in [1.29, 1.82) is 0 Å². The summed E-state index contributed by atoms with van der Waals surface area (Å²) in [7, 11) is -9.90. The third-order valence-electron chi connectivity index (χ3n) is 17.5. The van der Waals surface area contributed by atoms with Crippen LogP contribution in [0.5, 0.6) is 0 Å². The molecule has 0 aliphatic rings. The van der Waals surface area contributed by atoms with Gasteiger partial charge in [0.25, 0.3) is 0 Å². The molecule has 0 saturated carbocycles. The predicted octanol–water partition coefficient (Wildman–Crippen LogP) is 21.9. The third-order valence-corrected chi connectivity index (χ3v) is 19.4. The molecule has 0 rings (SSSR count). The summed E-state index contributed by atoms with van der Waals surface area (Å²) in [6.45, 7) is 9.54. The van der Waals surface area contributed by atoms with Gasteiger partial charge in [0.15, 0.2) is 12.2 Å². The average Bonchev–Trinajstić information content (AvgIpc) is 2.85. The standard InChI is InChI=1S/C75H146O17P2/c1-7-9-11-13-14-15-16-17-18-19-20-25-31-36-41-47-53-60-75(80)92-71(64-86-73(78)58-52-46-40-35-30-26-21-23-28-33-38-44-49-55-67(3)4)66-90-94(83,84)88-62-69(76)61-87-93(81,82)89-65-70(63-85-72(77)57-51-43-12-10-8-2)91-74(79)59-54-48-42-37-32-27-22-24-29-34-39-45-50-56-68(5)6/h67-71,76H,7-66H2,1-6H3,(H,81,82)(H,83,84)/t69-,70+,71+/m0/s1. The maximum Gasteiger partial charge on any atom is 0.472 e. The van der Waals surface area contributed by atoms with E-state index in [1.54, 1.807) is 0 Å². The van der Waals surface area contributed by atoms with Crippen LogP contribution in [0.1, 0.15) is 388 Å². The number of hydrogen-bond donors (Lipinski definition) is 3. The average molecular weight is 1380 g/mol. The molecule has 558 valence electrons. The van der Waals surface area contributed by atoms with E-state index in [-0.39, 0.29) is 25.7 Å². The largest absolute Gasteiger partial charge is 0.472 e. The van der Waals surface area contributed by atoms with Crippen molar-refractivity contribution in [3.63, 3.8) is 0 Å². The summed E-state index contributed by atoms with van der Waals surface area (Å²) in [5.74, 6) is -0.549. The fourth-order valence-electron chi connectivity index (χ4n) is 11.5. The molecule has 94 heavy (non-hydrogen) atoms. The van der Waals surface area contributed by atoms with Crippen LogP contribution in [-0.2, 0) is 65.4 Å². The van der Waals surface area contributed by atoms with Gasteiger partial charge in [0.2, 0.25) is 0 Å². The van der Waals surface area contributed by atoms with Crippen LogP contribution in [-0.4, -0.2) is 96.7 Å². The fraction of sp³-hybridized carbons (Fsp3) is 0.947. The number of aliphatic hydroxyl groups excluding tert-OH is 1. The molecule has 0 aromatic rings. The quantitative estimate of drug-likeness (QED) is 0.0222. The van der Waals surface area contributed by atoms with Crippen LogP contribution < -0.4 is 0 Å². The number of phosphoric acid groups is 2. The summed E-state index contributed by atoms with van der Waals surface area (Å²) in [4.78, 5) is 72.5. The number of phosphoric ester groups is 2. The lowest BCUT2D eigenvalue weighted by molar-refractivity contribution is -0.161. The van der Waals surface area contributed by atoms with Crippen molar-refractivity contribution >= 4 is 39.5 Å².